The van der Waals surface area contributed by atoms with Gasteiger partial charge in [0, 0.05) is 61.5 Å². The van der Waals surface area contributed by atoms with E-state index < -0.39 is 0 Å². The Hall–Kier alpha value is -3.62. The third-order valence-corrected chi connectivity index (χ3v) is 8.15. The Morgan fingerprint density at radius 2 is 1.89 bits per heavy atom. The number of amides is 3. The Morgan fingerprint density at radius 1 is 1.11 bits per heavy atom. The Balaban J connectivity index is 1.13. The quantitative estimate of drug-likeness (QED) is 0.494. The second kappa shape index (κ2) is 11.4. The van der Waals surface area contributed by atoms with E-state index in [9.17, 15) is 14.4 Å². The summed E-state index contributed by atoms with van der Waals surface area (Å²) in [5.41, 5.74) is 2.04. The lowest BCUT2D eigenvalue weighted by Crippen LogP contribution is -2.50. The number of rotatable bonds is 9. The number of carbonyl (C=O) groups is 3. The van der Waals surface area contributed by atoms with Crippen LogP contribution in [0, 0.1) is 6.92 Å². The van der Waals surface area contributed by atoms with E-state index in [1.807, 2.05) is 42.2 Å². The standard InChI is InChI=1S/C29H37N5O4/c1-19-24(6-3-7-25(19)38-2)29(37)32-21-16-22-10-11-23(17-21)34(22)26-12-9-20(18-31-26)28(36)30-13-5-15-33-14-4-8-27(33)35/h3,6-7,9,12,18,21-23H,4-5,8,10-11,13-17H2,1-2H3,(H,30,36)(H,32,37)/t21?,22-,23+. The molecule has 0 radical (unpaired) electrons. The first-order chi connectivity index (χ1) is 18.4. The van der Waals surface area contributed by atoms with E-state index in [4.69, 9.17) is 4.74 Å². The molecule has 9 nitrogen and oxygen atoms in total. The number of benzene rings is 1. The largest absolute Gasteiger partial charge is 0.496 e. The summed E-state index contributed by atoms with van der Waals surface area (Å²) >= 11 is 0. The first kappa shape index (κ1) is 26.0. The van der Waals surface area contributed by atoms with Crippen molar-refractivity contribution in [2.45, 2.75) is 70.0 Å². The van der Waals surface area contributed by atoms with Gasteiger partial charge in [-0.3, -0.25) is 14.4 Å². The van der Waals surface area contributed by atoms with Crippen LogP contribution in [0.25, 0.3) is 0 Å². The molecule has 202 valence electrons. The Kier molecular flexibility index (Phi) is 7.81. The average Bonchev–Trinajstić information content (AvgIpc) is 3.45. The highest BCUT2D eigenvalue weighted by atomic mass is 16.5. The van der Waals surface area contributed by atoms with Crippen LogP contribution in [-0.2, 0) is 4.79 Å². The summed E-state index contributed by atoms with van der Waals surface area (Å²) in [7, 11) is 1.62. The lowest BCUT2D eigenvalue weighted by atomic mass is 9.96. The number of ether oxygens (including phenoxy) is 1. The Labute approximate surface area is 223 Å². The second-order valence-corrected chi connectivity index (χ2v) is 10.6. The molecule has 0 aliphatic carbocycles. The van der Waals surface area contributed by atoms with Gasteiger partial charge < -0.3 is 25.2 Å². The van der Waals surface area contributed by atoms with Crippen molar-refractivity contribution in [2.75, 3.05) is 31.6 Å². The third-order valence-electron chi connectivity index (χ3n) is 8.15. The molecule has 9 heteroatoms. The smallest absolute Gasteiger partial charge is 0.252 e. The molecule has 0 saturated carbocycles. The number of hydrogen-bond acceptors (Lipinski definition) is 6. The molecular weight excluding hydrogens is 482 g/mol. The fourth-order valence-corrected chi connectivity index (χ4v) is 6.20. The first-order valence-corrected chi connectivity index (χ1v) is 13.7. The van der Waals surface area contributed by atoms with E-state index in [1.54, 1.807) is 13.3 Å². The fourth-order valence-electron chi connectivity index (χ4n) is 6.20. The van der Waals surface area contributed by atoms with Crippen molar-refractivity contribution in [3.63, 3.8) is 0 Å². The molecule has 2 N–H and O–H groups in total. The van der Waals surface area contributed by atoms with Crippen LogP contribution >= 0.6 is 0 Å². The van der Waals surface area contributed by atoms with Gasteiger partial charge in [0.2, 0.25) is 5.91 Å². The van der Waals surface area contributed by atoms with Crippen LogP contribution in [-0.4, -0.2) is 72.5 Å². The van der Waals surface area contributed by atoms with Gasteiger partial charge in [-0.15, -0.1) is 0 Å². The van der Waals surface area contributed by atoms with Crippen LogP contribution in [0.15, 0.2) is 36.5 Å². The number of fused-ring (bicyclic) bond motifs is 2. The molecule has 1 unspecified atom stereocenters. The maximum absolute atomic E-state index is 13.0. The van der Waals surface area contributed by atoms with Crippen molar-refractivity contribution in [2.24, 2.45) is 0 Å². The minimum atomic E-state index is -0.144. The summed E-state index contributed by atoms with van der Waals surface area (Å²) in [6.45, 7) is 3.95. The molecule has 3 saturated heterocycles. The molecule has 3 aliphatic heterocycles. The number of anilines is 1. The molecule has 0 spiro atoms. The highest BCUT2D eigenvalue weighted by Crippen LogP contribution is 2.38. The SMILES string of the molecule is COc1cccc(C(=O)NC2C[C@H]3CC[C@@H](C2)N3c2ccc(C(=O)NCCCN3CCCC3=O)cn2)c1C. The summed E-state index contributed by atoms with van der Waals surface area (Å²) in [5, 5.41) is 6.19. The maximum atomic E-state index is 13.0. The Bertz CT molecular complexity index is 1170. The van der Waals surface area contributed by atoms with Crippen LogP contribution in [0.3, 0.4) is 0 Å². The monoisotopic (exact) mass is 519 g/mol. The minimum Gasteiger partial charge on any atom is -0.496 e. The van der Waals surface area contributed by atoms with Crippen LogP contribution < -0.4 is 20.3 Å². The number of likely N-dealkylation sites (tertiary alicyclic amines) is 1. The number of nitrogens with one attached hydrogen (secondary N) is 2. The van der Waals surface area contributed by atoms with Crippen molar-refractivity contribution < 1.29 is 19.1 Å². The summed E-state index contributed by atoms with van der Waals surface area (Å²) in [4.78, 5) is 46.2. The number of aromatic nitrogens is 1. The van der Waals surface area contributed by atoms with Gasteiger partial charge in [0.1, 0.15) is 11.6 Å². The van der Waals surface area contributed by atoms with Gasteiger partial charge in [0.05, 0.1) is 12.7 Å². The molecule has 4 heterocycles. The topological polar surface area (TPSA) is 104 Å². The van der Waals surface area contributed by atoms with Gasteiger partial charge in [-0.1, -0.05) is 6.07 Å². The van der Waals surface area contributed by atoms with Crippen molar-refractivity contribution >= 4 is 23.5 Å². The van der Waals surface area contributed by atoms with E-state index >= 15 is 0 Å². The van der Waals surface area contributed by atoms with Gasteiger partial charge in [0.15, 0.2) is 0 Å². The van der Waals surface area contributed by atoms with Gasteiger partial charge >= 0.3 is 0 Å². The molecule has 3 amide bonds. The van der Waals surface area contributed by atoms with Crippen LogP contribution in [0.1, 0.15) is 71.2 Å². The minimum absolute atomic E-state index is 0.0558. The third kappa shape index (κ3) is 5.47. The van der Waals surface area contributed by atoms with E-state index in [2.05, 4.69) is 20.5 Å². The van der Waals surface area contributed by atoms with E-state index in [1.165, 1.54) is 0 Å². The highest BCUT2D eigenvalue weighted by Gasteiger charge is 2.42. The van der Waals surface area contributed by atoms with Crippen molar-refractivity contribution in [3.8, 4) is 5.75 Å². The molecule has 3 aliphatic rings. The molecular formula is C29H37N5O4. The molecule has 2 bridgehead atoms. The van der Waals surface area contributed by atoms with E-state index in [0.717, 1.165) is 56.5 Å². The molecule has 3 fully saturated rings. The van der Waals surface area contributed by atoms with Crippen molar-refractivity contribution in [1.82, 2.24) is 20.5 Å². The zero-order valence-corrected chi connectivity index (χ0v) is 22.2. The molecule has 2 aromatic rings. The number of carbonyl (C=O) groups excluding carboxylic acids is 3. The van der Waals surface area contributed by atoms with E-state index in [0.29, 0.717) is 48.5 Å². The number of pyridine rings is 1. The fraction of sp³-hybridized carbons (Fsp3) is 0.517. The second-order valence-electron chi connectivity index (χ2n) is 10.6. The van der Waals surface area contributed by atoms with Gasteiger partial charge in [-0.05, 0) is 69.7 Å². The Morgan fingerprint density at radius 3 is 2.55 bits per heavy atom. The predicted octanol–water partition coefficient (Wildman–Crippen LogP) is 3.07. The van der Waals surface area contributed by atoms with Crippen LogP contribution in [0.2, 0.25) is 0 Å². The van der Waals surface area contributed by atoms with Crippen LogP contribution in [0.4, 0.5) is 5.82 Å². The summed E-state index contributed by atoms with van der Waals surface area (Å²) in [6, 6.07) is 10.1. The van der Waals surface area contributed by atoms with Gasteiger partial charge in [-0.25, -0.2) is 4.98 Å². The molecule has 3 atom stereocenters. The normalized spacial score (nSPS) is 22.5. The van der Waals surface area contributed by atoms with Gasteiger partial charge in [-0.2, -0.15) is 0 Å². The lowest BCUT2D eigenvalue weighted by Gasteiger charge is -2.40. The number of hydrogen-bond donors (Lipinski definition) is 2. The summed E-state index contributed by atoms with van der Waals surface area (Å²) < 4.78 is 5.37. The first-order valence-electron chi connectivity index (χ1n) is 13.7. The van der Waals surface area contributed by atoms with E-state index in [-0.39, 0.29) is 23.8 Å². The zero-order valence-electron chi connectivity index (χ0n) is 22.2. The molecule has 38 heavy (non-hydrogen) atoms. The number of nitrogens with zero attached hydrogens (tertiary/aromatic N) is 3. The molecule has 1 aromatic carbocycles. The zero-order chi connectivity index (χ0) is 26.6. The summed E-state index contributed by atoms with van der Waals surface area (Å²) in [6.07, 6.45) is 7.84. The van der Waals surface area contributed by atoms with Crippen molar-refractivity contribution in [3.05, 3.63) is 53.2 Å². The average molecular weight is 520 g/mol. The number of methoxy groups -OCH3 is 1. The van der Waals surface area contributed by atoms with Crippen molar-refractivity contribution in [1.29, 1.82) is 0 Å². The number of piperidine rings is 1. The van der Waals surface area contributed by atoms with Crippen LogP contribution in [0.5, 0.6) is 5.75 Å². The molecule has 5 rings (SSSR count). The lowest BCUT2D eigenvalue weighted by molar-refractivity contribution is -0.127. The highest BCUT2D eigenvalue weighted by molar-refractivity contribution is 5.96. The summed E-state index contributed by atoms with van der Waals surface area (Å²) in [5.74, 6) is 1.61. The maximum Gasteiger partial charge on any atom is 0.252 e. The van der Waals surface area contributed by atoms with Gasteiger partial charge in [0.25, 0.3) is 11.8 Å². The molecule has 1 aromatic heterocycles. The predicted molar refractivity (Wildman–Crippen MR) is 145 cm³/mol.